The van der Waals surface area contributed by atoms with Gasteiger partial charge in [0.2, 0.25) is 0 Å². The van der Waals surface area contributed by atoms with E-state index in [1.807, 2.05) is 0 Å². The zero-order valence-electron chi connectivity index (χ0n) is 8.44. The van der Waals surface area contributed by atoms with Crippen molar-refractivity contribution in [3.63, 3.8) is 0 Å². The summed E-state index contributed by atoms with van der Waals surface area (Å²) in [4.78, 5) is 22.5. The number of esters is 2. The van der Waals surface area contributed by atoms with Crippen LogP contribution in [0.2, 0.25) is 0 Å². The van der Waals surface area contributed by atoms with E-state index in [-0.39, 0.29) is 12.7 Å². The first kappa shape index (κ1) is 10.4. The first-order valence-corrected chi connectivity index (χ1v) is 5.22. The average Bonchev–Trinajstić information content (AvgIpc) is 2.84. The second-order valence-corrected chi connectivity index (χ2v) is 3.77. The highest BCUT2D eigenvalue weighted by atomic mass is 16.6. The Balaban J connectivity index is 1.74. The molecule has 2 saturated heterocycles. The van der Waals surface area contributed by atoms with Crippen LogP contribution in [-0.4, -0.2) is 37.9 Å². The second-order valence-electron chi connectivity index (χ2n) is 3.77. The molecule has 2 heterocycles. The Bertz CT molecular complexity index is 257. The highest BCUT2D eigenvalue weighted by molar-refractivity contribution is 5.95. The van der Waals surface area contributed by atoms with Crippen LogP contribution in [0.1, 0.15) is 19.3 Å². The molecule has 0 aliphatic carbocycles. The van der Waals surface area contributed by atoms with E-state index in [2.05, 4.69) is 4.74 Å². The molecule has 2 unspecified atom stereocenters. The number of ether oxygens (including phenoxy) is 3. The van der Waals surface area contributed by atoms with E-state index in [1.54, 1.807) is 0 Å². The molecule has 2 fully saturated rings. The lowest BCUT2D eigenvalue weighted by Crippen LogP contribution is -2.25. The van der Waals surface area contributed by atoms with Crippen LogP contribution in [0.15, 0.2) is 0 Å². The number of carbonyl (C=O) groups excluding carboxylic acids is 2. The third-order valence-corrected chi connectivity index (χ3v) is 2.66. The molecule has 2 aliphatic heterocycles. The first-order chi connectivity index (χ1) is 7.27. The molecule has 0 radical (unpaired) electrons. The minimum absolute atomic E-state index is 0.00590. The maximum absolute atomic E-state index is 11.4. The van der Waals surface area contributed by atoms with Crippen LogP contribution in [0.4, 0.5) is 0 Å². The second kappa shape index (κ2) is 4.61. The molecule has 0 saturated carbocycles. The van der Waals surface area contributed by atoms with Gasteiger partial charge < -0.3 is 14.2 Å². The van der Waals surface area contributed by atoms with Gasteiger partial charge in [0, 0.05) is 13.0 Å². The molecular formula is C10H14O5. The van der Waals surface area contributed by atoms with E-state index < -0.39 is 17.9 Å². The van der Waals surface area contributed by atoms with Crippen molar-refractivity contribution in [3.8, 4) is 0 Å². The van der Waals surface area contributed by atoms with Crippen LogP contribution >= 0.6 is 0 Å². The van der Waals surface area contributed by atoms with Crippen molar-refractivity contribution in [2.75, 3.05) is 19.8 Å². The van der Waals surface area contributed by atoms with Gasteiger partial charge in [-0.25, -0.2) is 0 Å². The summed E-state index contributed by atoms with van der Waals surface area (Å²) < 4.78 is 15.0. The molecular weight excluding hydrogens is 200 g/mol. The van der Waals surface area contributed by atoms with Crippen LogP contribution in [0.3, 0.4) is 0 Å². The summed E-state index contributed by atoms with van der Waals surface area (Å²) in [5, 5.41) is 0. The van der Waals surface area contributed by atoms with Gasteiger partial charge in [0.1, 0.15) is 6.61 Å². The molecule has 0 bridgehead atoms. The molecule has 15 heavy (non-hydrogen) atoms. The highest BCUT2D eigenvalue weighted by Gasteiger charge is 2.35. The van der Waals surface area contributed by atoms with Gasteiger partial charge in [-0.3, -0.25) is 9.59 Å². The van der Waals surface area contributed by atoms with Gasteiger partial charge in [-0.2, -0.15) is 0 Å². The summed E-state index contributed by atoms with van der Waals surface area (Å²) in [7, 11) is 0. The third kappa shape index (κ3) is 2.47. The number of rotatable bonds is 3. The largest absolute Gasteiger partial charge is 0.465 e. The van der Waals surface area contributed by atoms with Crippen molar-refractivity contribution in [1.29, 1.82) is 0 Å². The van der Waals surface area contributed by atoms with E-state index in [0.29, 0.717) is 13.0 Å². The van der Waals surface area contributed by atoms with E-state index in [9.17, 15) is 9.59 Å². The van der Waals surface area contributed by atoms with Crippen molar-refractivity contribution in [2.24, 2.45) is 5.92 Å². The van der Waals surface area contributed by atoms with Crippen LogP contribution in [0, 0.1) is 5.92 Å². The smallest absolute Gasteiger partial charge is 0.320 e. The zero-order chi connectivity index (χ0) is 10.7. The van der Waals surface area contributed by atoms with Crippen LogP contribution < -0.4 is 0 Å². The molecule has 0 spiro atoms. The van der Waals surface area contributed by atoms with Gasteiger partial charge in [0.15, 0.2) is 5.92 Å². The maximum atomic E-state index is 11.4. The van der Waals surface area contributed by atoms with Gasteiger partial charge >= 0.3 is 11.9 Å². The van der Waals surface area contributed by atoms with Crippen molar-refractivity contribution in [2.45, 2.75) is 25.4 Å². The van der Waals surface area contributed by atoms with Gasteiger partial charge in [-0.1, -0.05) is 0 Å². The summed E-state index contributed by atoms with van der Waals surface area (Å²) in [6.45, 7) is 1.30. The normalized spacial score (nSPS) is 30.3. The Morgan fingerprint density at radius 1 is 1.40 bits per heavy atom. The average molecular weight is 214 g/mol. The van der Waals surface area contributed by atoms with Gasteiger partial charge in [0.25, 0.3) is 0 Å². The number of hydrogen-bond donors (Lipinski definition) is 0. The van der Waals surface area contributed by atoms with E-state index in [0.717, 1.165) is 19.4 Å². The molecule has 0 aromatic rings. The lowest BCUT2D eigenvalue weighted by Gasteiger charge is -2.11. The van der Waals surface area contributed by atoms with Crippen molar-refractivity contribution in [1.82, 2.24) is 0 Å². The Labute approximate surface area is 87.7 Å². The Morgan fingerprint density at radius 2 is 2.27 bits per heavy atom. The van der Waals surface area contributed by atoms with Crippen LogP contribution in [-0.2, 0) is 23.8 Å². The summed E-state index contributed by atoms with van der Waals surface area (Å²) in [6.07, 6.45) is 2.37. The Kier molecular flexibility index (Phi) is 3.20. The lowest BCUT2D eigenvalue weighted by molar-refractivity contribution is -0.158. The molecule has 2 atom stereocenters. The lowest BCUT2D eigenvalue weighted by atomic mass is 10.1. The highest BCUT2D eigenvalue weighted by Crippen LogP contribution is 2.17. The summed E-state index contributed by atoms with van der Waals surface area (Å²) in [5.74, 6) is -1.66. The molecule has 2 rings (SSSR count). The van der Waals surface area contributed by atoms with Crippen LogP contribution in [0.5, 0.6) is 0 Å². The summed E-state index contributed by atoms with van der Waals surface area (Å²) in [5.41, 5.74) is 0. The minimum atomic E-state index is -0.716. The van der Waals surface area contributed by atoms with E-state index in [4.69, 9.17) is 9.47 Å². The van der Waals surface area contributed by atoms with Crippen molar-refractivity contribution < 1.29 is 23.8 Å². The Morgan fingerprint density at radius 3 is 2.87 bits per heavy atom. The molecule has 0 aromatic heterocycles. The fourth-order valence-corrected chi connectivity index (χ4v) is 1.76. The monoisotopic (exact) mass is 214 g/mol. The molecule has 0 aromatic carbocycles. The molecule has 0 N–H and O–H groups in total. The standard InChI is InChI=1S/C10H14O5/c11-9-8(3-5-14-9)10(12)15-6-7-2-1-4-13-7/h7-8H,1-6H2. The van der Waals surface area contributed by atoms with E-state index in [1.165, 1.54) is 0 Å². The van der Waals surface area contributed by atoms with E-state index >= 15 is 0 Å². The number of carbonyl (C=O) groups is 2. The quantitative estimate of drug-likeness (QED) is 0.498. The van der Waals surface area contributed by atoms with Gasteiger partial charge in [-0.15, -0.1) is 0 Å². The fourth-order valence-electron chi connectivity index (χ4n) is 1.76. The first-order valence-electron chi connectivity index (χ1n) is 5.22. The third-order valence-electron chi connectivity index (χ3n) is 2.66. The fraction of sp³-hybridized carbons (Fsp3) is 0.800. The predicted octanol–water partition coefficient (Wildman–Crippen LogP) is 0.272. The number of cyclic esters (lactones) is 1. The van der Waals surface area contributed by atoms with Crippen LogP contribution in [0.25, 0.3) is 0 Å². The molecule has 5 nitrogen and oxygen atoms in total. The minimum Gasteiger partial charge on any atom is -0.465 e. The molecule has 84 valence electrons. The van der Waals surface area contributed by atoms with Gasteiger partial charge in [0.05, 0.1) is 12.7 Å². The molecule has 2 aliphatic rings. The number of hydrogen-bond acceptors (Lipinski definition) is 5. The summed E-state index contributed by atoms with van der Waals surface area (Å²) in [6, 6.07) is 0. The molecule has 0 amide bonds. The molecule has 5 heteroatoms. The summed E-state index contributed by atoms with van der Waals surface area (Å²) >= 11 is 0. The zero-order valence-corrected chi connectivity index (χ0v) is 8.44. The SMILES string of the molecule is O=C1OCCC1C(=O)OCC1CCCO1. The topological polar surface area (TPSA) is 61.8 Å². The van der Waals surface area contributed by atoms with Crippen molar-refractivity contribution >= 4 is 11.9 Å². The van der Waals surface area contributed by atoms with Gasteiger partial charge in [-0.05, 0) is 12.8 Å². The van der Waals surface area contributed by atoms with Crippen molar-refractivity contribution in [3.05, 3.63) is 0 Å². The maximum Gasteiger partial charge on any atom is 0.320 e. The predicted molar refractivity (Wildman–Crippen MR) is 49.0 cm³/mol. The Hall–Kier alpha value is -1.10.